The predicted molar refractivity (Wildman–Crippen MR) is 105 cm³/mol. The quantitative estimate of drug-likeness (QED) is 0.405. The van der Waals surface area contributed by atoms with E-state index < -0.39 is 5.76 Å². The fourth-order valence-corrected chi connectivity index (χ4v) is 3.74. The molecule has 0 saturated heterocycles. The van der Waals surface area contributed by atoms with Crippen molar-refractivity contribution in [1.29, 1.82) is 0 Å². The normalized spacial score (nSPS) is 11.0. The maximum absolute atomic E-state index is 12.6. The molecule has 0 N–H and O–H groups in total. The van der Waals surface area contributed by atoms with Gasteiger partial charge in [-0.05, 0) is 36.8 Å². The highest BCUT2D eigenvalue weighted by Crippen LogP contribution is 2.36. The van der Waals surface area contributed by atoms with Gasteiger partial charge < -0.3 is 13.9 Å². The van der Waals surface area contributed by atoms with Gasteiger partial charge in [-0.1, -0.05) is 41.7 Å². The summed E-state index contributed by atoms with van der Waals surface area (Å²) in [4.78, 5) is 0.402. The fourth-order valence-electron chi connectivity index (χ4n) is 2.44. The van der Waals surface area contributed by atoms with Gasteiger partial charge in [0.05, 0.1) is 24.2 Å². The Labute approximate surface area is 169 Å². The highest BCUT2D eigenvalue weighted by Gasteiger charge is 2.15. The number of nitrogens with zero attached hydrogens (tertiary/aromatic N) is 2. The van der Waals surface area contributed by atoms with Gasteiger partial charge in [0.2, 0.25) is 0 Å². The maximum atomic E-state index is 12.6. The van der Waals surface area contributed by atoms with Crippen LogP contribution in [0.15, 0.2) is 57.0 Å². The molecule has 148 valence electrons. The molecule has 0 amide bonds. The van der Waals surface area contributed by atoms with Crippen molar-refractivity contribution in [3.05, 3.63) is 48.0 Å². The van der Waals surface area contributed by atoms with Crippen molar-refractivity contribution >= 4 is 23.5 Å². The van der Waals surface area contributed by atoms with Crippen molar-refractivity contribution in [1.82, 2.24) is 10.2 Å². The summed E-state index contributed by atoms with van der Waals surface area (Å²) in [5, 5.41) is 8.57. The number of hydrogen-bond donors (Lipinski definition) is 0. The molecule has 0 aliphatic heterocycles. The average molecular weight is 424 g/mol. The Balaban J connectivity index is 1.70. The molecule has 3 aromatic rings. The third kappa shape index (κ3) is 5.17. The summed E-state index contributed by atoms with van der Waals surface area (Å²) < 4.78 is 41.7. The van der Waals surface area contributed by atoms with Crippen molar-refractivity contribution in [2.24, 2.45) is 0 Å². The van der Waals surface area contributed by atoms with Crippen molar-refractivity contribution in [3.63, 3.8) is 0 Å². The van der Waals surface area contributed by atoms with Crippen LogP contribution in [0, 0.1) is 0 Å². The number of alkyl halides is 2. The summed E-state index contributed by atoms with van der Waals surface area (Å²) in [6.07, 6.45) is 0. The van der Waals surface area contributed by atoms with E-state index in [0.29, 0.717) is 51.6 Å². The lowest BCUT2D eigenvalue weighted by Crippen LogP contribution is -1.93. The number of thioether (sulfide) groups is 2. The number of para-hydroxylation sites is 1. The van der Waals surface area contributed by atoms with Crippen LogP contribution in [0.3, 0.4) is 0 Å². The van der Waals surface area contributed by atoms with Crippen LogP contribution in [0.4, 0.5) is 8.78 Å². The van der Waals surface area contributed by atoms with Crippen LogP contribution < -0.4 is 9.47 Å². The summed E-state index contributed by atoms with van der Waals surface area (Å²) in [6, 6.07) is 12.6. The van der Waals surface area contributed by atoms with Gasteiger partial charge in [-0.3, -0.25) is 0 Å². The molecular formula is C19H18F2N2O3S2. The Morgan fingerprint density at radius 1 is 1.11 bits per heavy atom. The molecule has 0 atom stereocenters. The van der Waals surface area contributed by atoms with E-state index in [1.165, 1.54) is 18.9 Å². The Hall–Kier alpha value is -2.26. The van der Waals surface area contributed by atoms with E-state index >= 15 is 0 Å². The fraction of sp³-hybridized carbons (Fsp3) is 0.263. The molecule has 0 aliphatic rings. The Kier molecular flexibility index (Phi) is 7.16. The first-order valence-corrected chi connectivity index (χ1v) is 10.3. The lowest BCUT2D eigenvalue weighted by Gasteiger charge is -2.09. The first kappa shape index (κ1) is 20.5. The zero-order valence-corrected chi connectivity index (χ0v) is 16.9. The number of rotatable bonds is 9. The van der Waals surface area contributed by atoms with Crippen LogP contribution in [0.2, 0.25) is 0 Å². The second-order valence-corrected chi connectivity index (χ2v) is 7.41. The first-order valence-electron chi connectivity index (χ1n) is 8.41. The van der Waals surface area contributed by atoms with Crippen LogP contribution in [0.1, 0.15) is 12.5 Å². The minimum Gasteiger partial charge on any atom is -0.496 e. The molecule has 0 aliphatic carbocycles. The van der Waals surface area contributed by atoms with Gasteiger partial charge >= 0.3 is 0 Å². The van der Waals surface area contributed by atoms with E-state index in [4.69, 9.17) is 13.9 Å². The topological polar surface area (TPSA) is 57.4 Å². The summed E-state index contributed by atoms with van der Waals surface area (Å²) >= 11 is 1.82. The van der Waals surface area contributed by atoms with Crippen molar-refractivity contribution < 1.29 is 22.7 Å². The third-order valence-electron chi connectivity index (χ3n) is 3.63. The Morgan fingerprint density at radius 3 is 2.68 bits per heavy atom. The van der Waals surface area contributed by atoms with Gasteiger partial charge in [0.15, 0.2) is 0 Å². The summed E-state index contributed by atoms with van der Waals surface area (Å²) in [5.74, 6) is -0.481. The number of benzene rings is 2. The molecule has 1 heterocycles. The lowest BCUT2D eigenvalue weighted by atomic mass is 10.2. The smallest absolute Gasteiger partial charge is 0.289 e. The van der Waals surface area contributed by atoms with E-state index in [9.17, 15) is 8.78 Å². The SMILES string of the molecule is CCOc1ccccc1-c1nnc(SCc2ccc(SC(F)F)c(OC)c2)o1. The molecule has 2 aromatic carbocycles. The van der Waals surface area contributed by atoms with Gasteiger partial charge in [0.1, 0.15) is 11.5 Å². The number of halogens is 2. The average Bonchev–Trinajstić information content (AvgIpc) is 3.16. The second-order valence-electron chi connectivity index (χ2n) is 5.45. The maximum Gasteiger partial charge on any atom is 0.289 e. The number of aromatic nitrogens is 2. The zero-order chi connectivity index (χ0) is 19.9. The summed E-state index contributed by atoms with van der Waals surface area (Å²) in [6.45, 7) is 2.44. The highest BCUT2D eigenvalue weighted by atomic mass is 32.2. The van der Waals surface area contributed by atoms with E-state index in [2.05, 4.69) is 10.2 Å². The zero-order valence-electron chi connectivity index (χ0n) is 15.2. The molecule has 9 heteroatoms. The molecule has 28 heavy (non-hydrogen) atoms. The third-order valence-corrected chi connectivity index (χ3v) is 5.29. The van der Waals surface area contributed by atoms with Crippen LogP contribution >= 0.6 is 23.5 Å². The molecule has 1 aromatic heterocycles. The largest absolute Gasteiger partial charge is 0.496 e. The molecule has 0 bridgehead atoms. The van der Waals surface area contributed by atoms with E-state index in [1.807, 2.05) is 31.2 Å². The Morgan fingerprint density at radius 2 is 1.93 bits per heavy atom. The summed E-state index contributed by atoms with van der Waals surface area (Å²) in [7, 11) is 1.46. The first-order chi connectivity index (χ1) is 13.6. The molecule has 3 rings (SSSR count). The minimum atomic E-state index is -2.49. The lowest BCUT2D eigenvalue weighted by molar-refractivity contribution is 0.251. The van der Waals surface area contributed by atoms with Crippen LogP contribution in [0.5, 0.6) is 11.5 Å². The number of ether oxygens (including phenoxy) is 2. The molecule has 0 saturated carbocycles. The van der Waals surface area contributed by atoms with Crippen molar-refractivity contribution in [3.8, 4) is 23.0 Å². The molecule has 0 unspecified atom stereocenters. The van der Waals surface area contributed by atoms with Crippen molar-refractivity contribution in [2.45, 2.75) is 28.6 Å². The molecule has 5 nitrogen and oxygen atoms in total. The minimum absolute atomic E-state index is 0.382. The van der Waals surface area contributed by atoms with E-state index in [1.54, 1.807) is 18.2 Å². The molecule has 0 radical (unpaired) electrons. The van der Waals surface area contributed by atoms with Crippen molar-refractivity contribution in [2.75, 3.05) is 13.7 Å². The van der Waals surface area contributed by atoms with E-state index in [0.717, 1.165) is 11.1 Å². The molecule has 0 fully saturated rings. The van der Waals surface area contributed by atoms with Gasteiger partial charge in [0.25, 0.3) is 16.9 Å². The van der Waals surface area contributed by atoms with Gasteiger partial charge in [-0.15, -0.1) is 10.2 Å². The van der Waals surface area contributed by atoms with Gasteiger partial charge in [0, 0.05) is 5.75 Å². The molecular weight excluding hydrogens is 406 g/mol. The van der Waals surface area contributed by atoms with E-state index in [-0.39, 0.29) is 0 Å². The predicted octanol–water partition coefficient (Wildman–Crippen LogP) is 5.75. The van der Waals surface area contributed by atoms with Crippen LogP contribution in [-0.2, 0) is 5.75 Å². The second kappa shape index (κ2) is 9.79. The standard InChI is InChI=1S/C19H18F2N2O3S2/c1-3-25-14-7-5-4-6-13(14)17-22-23-19(26-17)27-11-12-8-9-16(28-18(20)21)15(10-12)24-2/h4-10,18H,3,11H2,1-2H3. The van der Waals surface area contributed by atoms with Gasteiger partial charge in [-0.2, -0.15) is 8.78 Å². The summed E-state index contributed by atoms with van der Waals surface area (Å²) in [5.41, 5.74) is 1.63. The van der Waals surface area contributed by atoms with Crippen LogP contribution in [0.25, 0.3) is 11.5 Å². The molecule has 0 spiro atoms. The number of hydrogen-bond acceptors (Lipinski definition) is 7. The van der Waals surface area contributed by atoms with Crippen LogP contribution in [-0.4, -0.2) is 29.7 Å². The Bertz CT molecular complexity index is 922. The monoisotopic (exact) mass is 424 g/mol. The highest BCUT2D eigenvalue weighted by molar-refractivity contribution is 7.99. The van der Waals surface area contributed by atoms with Gasteiger partial charge in [-0.25, -0.2) is 0 Å². The number of methoxy groups -OCH3 is 1.